The van der Waals surface area contributed by atoms with Crippen LogP contribution in [0.2, 0.25) is 0 Å². The van der Waals surface area contributed by atoms with Crippen molar-refractivity contribution in [1.29, 1.82) is 0 Å². The first-order valence-corrected chi connectivity index (χ1v) is 9.70. The maximum Gasteiger partial charge on any atom is 0.364 e. The van der Waals surface area contributed by atoms with Gasteiger partial charge in [-0.2, -0.15) is 0 Å². The molecule has 1 aromatic rings. The van der Waals surface area contributed by atoms with E-state index < -0.39 is 21.9 Å². The fourth-order valence-electron chi connectivity index (χ4n) is 1.52. The quantitative estimate of drug-likeness (QED) is 0.560. The molecule has 0 aromatic heterocycles. The first-order valence-electron chi connectivity index (χ1n) is 6.11. The van der Waals surface area contributed by atoms with Crippen molar-refractivity contribution in [2.45, 2.75) is 30.1 Å². The lowest BCUT2D eigenvalue weighted by Gasteiger charge is -2.21. The van der Waals surface area contributed by atoms with Crippen molar-refractivity contribution in [1.82, 2.24) is 0 Å². The largest absolute Gasteiger partial charge is 0.364 e. The number of rotatable bonds is 7. The van der Waals surface area contributed by atoms with Crippen LogP contribution in [0.3, 0.4) is 0 Å². The summed E-state index contributed by atoms with van der Waals surface area (Å²) >= 11 is 5.91. The van der Waals surface area contributed by atoms with Gasteiger partial charge in [0.25, 0.3) is 0 Å². The molecule has 1 aromatic carbocycles. The molecular weight excluding hydrogens is 323 g/mol. The van der Waals surface area contributed by atoms with E-state index in [4.69, 9.17) is 20.6 Å². The number of aryl methyl sites for hydroxylation is 1. The minimum atomic E-state index is -4.01. The molecule has 1 atom stereocenters. The van der Waals surface area contributed by atoms with E-state index in [0.29, 0.717) is 0 Å². The summed E-state index contributed by atoms with van der Waals surface area (Å²) in [5.74, 6) is 0. The summed E-state index contributed by atoms with van der Waals surface area (Å²) in [5.41, 5.74) is 0.910. The summed E-state index contributed by atoms with van der Waals surface area (Å²) in [6.45, 7) is 5.11. The van der Waals surface area contributed by atoms with Crippen LogP contribution in [-0.2, 0) is 23.4 Å². The first kappa shape index (κ1) is 17.7. The predicted molar refractivity (Wildman–Crippen MR) is 78.9 cm³/mol. The Hall–Kier alpha value is -0.390. The molecule has 0 aliphatic carbocycles. The van der Waals surface area contributed by atoms with Crippen molar-refractivity contribution < 1.29 is 22.0 Å². The van der Waals surface area contributed by atoms with Gasteiger partial charge in [0.05, 0.1) is 18.1 Å². The highest BCUT2D eigenvalue weighted by atomic mass is 35.5. The highest BCUT2D eigenvalue weighted by Gasteiger charge is 2.44. The molecule has 0 N–H and O–H groups in total. The van der Waals surface area contributed by atoms with Gasteiger partial charge in [-0.15, -0.1) is 0 Å². The van der Waals surface area contributed by atoms with Crippen LogP contribution in [0.5, 0.6) is 0 Å². The molecular formula is C12H18ClO5PS. The second-order valence-electron chi connectivity index (χ2n) is 4.03. The standard InChI is InChI=1S/C12H18ClO5PS/c1-4-17-19(14,18-5-2)12(13)20(15,16)11-8-6-10(3)7-9-11/h6-9,12H,4-5H2,1-3H3. The summed E-state index contributed by atoms with van der Waals surface area (Å²) in [5, 5.41) is 0. The molecule has 8 heteroatoms. The van der Waals surface area contributed by atoms with Crippen LogP contribution in [0.25, 0.3) is 0 Å². The van der Waals surface area contributed by atoms with Crippen molar-refractivity contribution in [3.63, 3.8) is 0 Å². The maximum atomic E-state index is 12.4. The van der Waals surface area contributed by atoms with E-state index in [2.05, 4.69) is 0 Å². The molecule has 114 valence electrons. The Labute approximate surface area is 124 Å². The molecule has 0 spiro atoms. The topological polar surface area (TPSA) is 69.7 Å². The van der Waals surface area contributed by atoms with E-state index in [1.807, 2.05) is 6.92 Å². The van der Waals surface area contributed by atoms with Crippen LogP contribution in [0.1, 0.15) is 19.4 Å². The van der Waals surface area contributed by atoms with Gasteiger partial charge in [0.1, 0.15) is 0 Å². The fraction of sp³-hybridized carbons (Fsp3) is 0.500. The smallest absolute Gasteiger partial charge is 0.307 e. The molecule has 0 amide bonds. The Bertz CT molecular complexity index is 574. The molecule has 0 bridgehead atoms. The molecule has 1 rings (SSSR count). The Morgan fingerprint density at radius 3 is 2.00 bits per heavy atom. The van der Waals surface area contributed by atoms with E-state index in [0.717, 1.165) is 5.56 Å². The molecule has 0 saturated carbocycles. The van der Waals surface area contributed by atoms with E-state index in [1.165, 1.54) is 12.1 Å². The van der Waals surface area contributed by atoms with E-state index in [1.54, 1.807) is 26.0 Å². The van der Waals surface area contributed by atoms with E-state index in [9.17, 15) is 13.0 Å². The third-order valence-electron chi connectivity index (χ3n) is 2.47. The first-order chi connectivity index (χ1) is 9.28. The Morgan fingerprint density at radius 1 is 1.15 bits per heavy atom. The molecule has 0 heterocycles. The zero-order valence-corrected chi connectivity index (χ0v) is 14.0. The van der Waals surface area contributed by atoms with Crippen LogP contribution >= 0.6 is 19.2 Å². The van der Waals surface area contributed by atoms with Crippen molar-refractivity contribution in [3.8, 4) is 0 Å². The Kier molecular flexibility index (Phi) is 6.23. The van der Waals surface area contributed by atoms with E-state index >= 15 is 0 Å². The lowest BCUT2D eigenvalue weighted by atomic mass is 10.2. The third kappa shape index (κ3) is 3.83. The van der Waals surface area contributed by atoms with Crippen molar-refractivity contribution in [2.75, 3.05) is 13.2 Å². The summed E-state index contributed by atoms with van der Waals surface area (Å²) in [6.07, 6.45) is 0. The number of benzene rings is 1. The van der Waals surface area contributed by atoms with Gasteiger partial charge >= 0.3 is 7.60 Å². The Balaban J connectivity index is 3.19. The molecule has 0 radical (unpaired) electrons. The number of hydrogen-bond donors (Lipinski definition) is 0. The molecule has 20 heavy (non-hydrogen) atoms. The van der Waals surface area contributed by atoms with Gasteiger partial charge < -0.3 is 9.05 Å². The molecule has 1 unspecified atom stereocenters. The molecule has 5 nitrogen and oxygen atoms in total. The summed E-state index contributed by atoms with van der Waals surface area (Å²) in [7, 11) is -7.94. The van der Waals surface area contributed by atoms with Gasteiger partial charge in [-0.25, -0.2) is 8.42 Å². The van der Waals surface area contributed by atoms with Gasteiger partial charge in [0.15, 0.2) is 0 Å². The molecule has 0 aliphatic heterocycles. The van der Waals surface area contributed by atoms with E-state index in [-0.39, 0.29) is 18.1 Å². The number of sulfone groups is 1. The van der Waals surface area contributed by atoms with Gasteiger partial charge in [-0.3, -0.25) is 4.57 Å². The fourth-order valence-corrected chi connectivity index (χ4v) is 6.03. The average Bonchev–Trinajstić information content (AvgIpc) is 2.39. The minimum Gasteiger partial charge on any atom is -0.307 e. The highest BCUT2D eigenvalue weighted by molar-refractivity contribution is 8.00. The average molecular weight is 341 g/mol. The lowest BCUT2D eigenvalue weighted by Crippen LogP contribution is -2.19. The predicted octanol–water partition coefficient (Wildman–Crippen LogP) is 3.56. The van der Waals surface area contributed by atoms with Crippen LogP contribution in [0.4, 0.5) is 0 Å². The second kappa shape index (κ2) is 7.05. The van der Waals surface area contributed by atoms with Gasteiger partial charge in [0, 0.05) is 0 Å². The lowest BCUT2D eigenvalue weighted by molar-refractivity contribution is 0.222. The minimum absolute atomic E-state index is 0.0114. The third-order valence-corrected chi connectivity index (χ3v) is 8.68. The van der Waals surface area contributed by atoms with Crippen LogP contribution < -0.4 is 0 Å². The van der Waals surface area contributed by atoms with Crippen molar-refractivity contribution in [2.24, 2.45) is 0 Å². The van der Waals surface area contributed by atoms with Crippen LogP contribution in [-0.4, -0.2) is 26.1 Å². The number of hydrogen-bond acceptors (Lipinski definition) is 5. The monoisotopic (exact) mass is 340 g/mol. The summed E-state index contributed by atoms with van der Waals surface area (Å²) in [6, 6.07) is 6.12. The molecule has 0 aliphatic rings. The van der Waals surface area contributed by atoms with Gasteiger partial charge in [0.2, 0.25) is 14.3 Å². The maximum absolute atomic E-state index is 12.4. The normalized spacial score (nSPS) is 14.2. The SMILES string of the molecule is CCOP(=O)(OCC)C(Cl)S(=O)(=O)c1ccc(C)cc1. The summed E-state index contributed by atoms with van der Waals surface area (Å²) in [4.78, 5) is -0.0114. The zero-order chi connectivity index (χ0) is 15.4. The van der Waals surface area contributed by atoms with Gasteiger partial charge in [-0.05, 0) is 32.9 Å². The molecule has 0 fully saturated rings. The number of alkyl halides is 1. The highest BCUT2D eigenvalue weighted by Crippen LogP contribution is 2.57. The van der Waals surface area contributed by atoms with Crippen molar-refractivity contribution >= 4 is 29.0 Å². The molecule has 0 saturated heterocycles. The van der Waals surface area contributed by atoms with Crippen molar-refractivity contribution in [3.05, 3.63) is 29.8 Å². The zero-order valence-electron chi connectivity index (χ0n) is 11.6. The van der Waals surface area contributed by atoms with Crippen LogP contribution in [0, 0.1) is 6.92 Å². The second-order valence-corrected chi connectivity index (χ2v) is 9.52. The van der Waals surface area contributed by atoms with Crippen LogP contribution in [0.15, 0.2) is 29.2 Å². The number of halogens is 1. The summed E-state index contributed by atoms with van der Waals surface area (Å²) < 4.78 is 45.4. The van der Waals surface area contributed by atoms with Gasteiger partial charge in [-0.1, -0.05) is 29.3 Å². The Morgan fingerprint density at radius 2 is 1.60 bits per heavy atom.